The molecule has 0 spiro atoms. The average molecular weight is 212 g/mol. The first-order valence-corrected chi connectivity index (χ1v) is 5.91. The summed E-state index contributed by atoms with van der Waals surface area (Å²) >= 11 is 0. The predicted octanol–water partition coefficient (Wildman–Crippen LogP) is 0.143. The molecule has 4 N–H and O–H groups in total. The molecular weight excluding hydrogens is 192 g/mol. The van der Waals surface area contributed by atoms with E-state index >= 15 is 0 Å². The van der Waals surface area contributed by atoms with Crippen LogP contribution in [0.2, 0.25) is 0 Å². The Bertz CT molecular complexity index is 237. The molecule has 86 valence electrons. The molecule has 0 radical (unpaired) electrons. The average Bonchev–Trinajstić information content (AvgIpc) is 2.84. The Labute approximate surface area is 90.2 Å². The number of amides is 1. The maximum absolute atomic E-state index is 11.4. The lowest BCUT2D eigenvalue weighted by molar-refractivity contribution is -0.130. The number of aliphatic hydroxyl groups excluding tert-OH is 1. The van der Waals surface area contributed by atoms with Crippen molar-refractivity contribution in [1.29, 1.82) is 0 Å². The SMILES string of the molecule is NC(CC(O)C(=O)NC1CC1)C1CCC1. The molecule has 0 aliphatic heterocycles. The Morgan fingerprint density at radius 1 is 1.40 bits per heavy atom. The quantitative estimate of drug-likeness (QED) is 0.607. The summed E-state index contributed by atoms with van der Waals surface area (Å²) in [5, 5.41) is 12.4. The van der Waals surface area contributed by atoms with Crippen molar-refractivity contribution in [3.05, 3.63) is 0 Å². The molecule has 2 saturated carbocycles. The summed E-state index contributed by atoms with van der Waals surface area (Å²) in [5.41, 5.74) is 5.92. The molecule has 1 amide bonds. The molecule has 0 aromatic carbocycles. The minimum atomic E-state index is -0.916. The summed E-state index contributed by atoms with van der Waals surface area (Å²) in [7, 11) is 0. The largest absolute Gasteiger partial charge is 0.383 e. The van der Waals surface area contributed by atoms with Crippen LogP contribution in [-0.4, -0.2) is 29.2 Å². The van der Waals surface area contributed by atoms with Gasteiger partial charge in [0.1, 0.15) is 6.10 Å². The molecule has 2 atom stereocenters. The normalized spacial score (nSPS) is 25.5. The standard InChI is InChI=1S/C11H20N2O2/c12-9(7-2-1-3-7)6-10(14)11(15)13-8-4-5-8/h7-10,14H,1-6,12H2,(H,13,15). The Hall–Kier alpha value is -0.610. The Kier molecular flexibility index (Phi) is 3.26. The van der Waals surface area contributed by atoms with E-state index in [4.69, 9.17) is 5.73 Å². The first-order valence-electron chi connectivity index (χ1n) is 5.91. The van der Waals surface area contributed by atoms with Crippen LogP contribution in [0, 0.1) is 5.92 Å². The number of hydrogen-bond donors (Lipinski definition) is 3. The molecule has 4 heteroatoms. The molecule has 0 saturated heterocycles. The van der Waals surface area contributed by atoms with Gasteiger partial charge >= 0.3 is 0 Å². The summed E-state index contributed by atoms with van der Waals surface area (Å²) in [5.74, 6) is 0.278. The van der Waals surface area contributed by atoms with E-state index in [1.807, 2.05) is 0 Å². The van der Waals surface area contributed by atoms with Crippen LogP contribution in [0.25, 0.3) is 0 Å². The molecule has 4 nitrogen and oxygen atoms in total. The topological polar surface area (TPSA) is 75.3 Å². The fourth-order valence-corrected chi connectivity index (χ4v) is 1.95. The van der Waals surface area contributed by atoms with Crippen LogP contribution < -0.4 is 11.1 Å². The fourth-order valence-electron chi connectivity index (χ4n) is 1.95. The number of carbonyl (C=O) groups is 1. The van der Waals surface area contributed by atoms with Gasteiger partial charge in [-0.2, -0.15) is 0 Å². The molecule has 0 heterocycles. The van der Waals surface area contributed by atoms with Crippen LogP contribution in [0.15, 0.2) is 0 Å². The van der Waals surface area contributed by atoms with Gasteiger partial charge in [0.15, 0.2) is 0 Å². The minimum Gasteiger partial charge on any atom is -0.383 e. The highest BCUT2D eigenvalue weighted by Gasteiger charge is 2.30. The summed E-state index contributed by atoms with van der Waals surface area (Å²) in [6.45, 7) is 0. The van der Waals surface area contributed by atoms with Crippen molar-refractivity contribution >= 4 is 5.91 Å². The Balaban J connectivity index is 1.69. The molecule has 2 fully saturated rings. The van der Waals surface area contributed by atoms with Gasteiger partial charge in [-0.15, -0.1) is 0 Å². The number of hydrogen-bond acceptors (Lipinski definition) is 3. The van der Waals surface area contributed by atoms with E-state index in [0.717, 1.165) is 25.7 Å². The van der Waals surface area contributed by atoms with Crippen LogP contribution in [0.4, 0.5) is 0 Å². The van der Waals surface area contributed by atoms with Gasteiger partial charge < -0.3 is 16.2 Å². The van der Waals surface area contributed by atoms with Gasteiger partial charge in [0.25, 0.3) is 0 Å². The number of nitrogens with one attached hydrogen (secondary N) is 1. The highest BCUT2D eigenvalue weighted by Crippen LogP contribution is 2.30. The highest BCUT2D eigenvalue weighted by molar-refractivity contribution is 5.81. The Morgan fingerprint density at radius 3 is 2.53 bits per heavy atom. The van der Waals surface area contributed by atoms with Gasteiger partial charge in [0, 0.05) is 12.1 Å². The molecule has 2 unspecified atom stereocenters. The predicted molar refractivity (Wildman–Crippen MR) is 57.1 cm³/mol. The molecule has 15 heavy (non-hydrogen) atoms. The second-order valence-electron chi connectivity index (χ2n) is 4.89. The first kappa shape index (κ1) is 10.9. The van der Waals surface area contributed by atoms with Gasteiger partial charge in [-0.25, -0.2) is 0 Å². The maximum atomic E-state index is 11.4. The lowest BCUT2D eigenvalue weighted by Gasteiger charge is -2.32. The number of aliphatic hydroxyl groups is 1. The molecule has 2 aliphatic carbocycles. The summed E-state index contributed by atoms with van der Waals surface area (Å²) < 4.78 is 0. The molecular formula is C11H20N2O2. The summed E-state index contributed by atoms with van der Waals surface area (Å²) in [6.07, 6.45) is 5.13. The zero-order valence-corrected chi connectivity index (χ0v) is 8.98. The molecule has 0 bridgehead atoms. The van der Waals surface area contributed by atoms with Crippen LogP contribution in [0.1, 0.15) is 38.5 Å². The van der Waals surface area contributed by atoms with Crippen molar-refractivity contribution in [2.24, 2.45) is 11.7 Å². The van der Waals surface area contributed by atoms with Crippen LogP contribution >= 0.6 is 0 Å². The maximum Gasteiger partial charge on any atom is 0.249 e. The van der Waals surface area contributed by atoms with Gasteiger partial charge in [-0.1, -0.05) is 6.42 Å². The van der Waals surface area contributed by atoms with Crippen molar-refractivity contribution in [3.8, 4) is 0 Å². The van der Waals surface area contributed by atoms with E-state index in [1.165, 1.54) is 6.42 Å². The van der Waals surface area contributed by atoms with Crippen molar-refractivity contribution in [2.45, 2.75) is 56.7 Å². The molecule has 2 aliphatic rings. The lowest BCUT2D eigenvalue weighted by Crippen LogP contribution is -2.43. The van der Waals surface area contributed by atoms with Gasteiger partial charge in [-0.05, 0) is 38.0 Å². The van der Waals surface area contributed by atoms with Crippen LogP contribution in [-0.2, 0) is 4.79 Å². The van der Waals surface area contributed by atoms with Crippen molar-refractivity contribution < 1.29 is 9.90 Å². The summed E-state index contributed by atoms with van der Waals surface area (Å²) in [4.78, 5) is 11.4. The van der Waals surface area contributed by atoms with E-state index in [0.29, 0.717) is 18.4 Å². The number of nitrogens with two attached hydrogens (primary N) is 1. The van der Waals surface area contributed by atoms with Crippen molar-refractivity contribution in [2.75, 3.05) is 0 Å². The Morgan fingerprint density at radius 2 is 2.07 bits per heavy atom. The van der Waals surface area contributed by atoms with E-state index in [2.05, 4.69) is 5.32 Å². The molecule has 2 rings (SSSR count). The lowest BCUT2D eigenvalue weighted by atomic mass is 9.78. The van der Waals surface area contributed by atoms with E-state index < -0.39 is 6.10 Å². The first-order chi connectivity index (χ1) is 7.16. The van der Waals surface area contributed by atoms with Gasteiger partial charge in [0.05, 0.1) is 0 Å². The fraction of sp³-hybridized carbons (Fsp3) is 0.909. The van der Waals surface area contributed by atoms with Crippen LogP contribution in [0.3, 0.4) is 0 Å². The van der Waals surface area contributed by atoms with E-state index in [-0.39, 0.29) is 11.9 Å². The second kappa shape index (κ2) is 4.49. The van der Waals surface area contributed by atoms with E-state index in [1.54, 1.807) is 0 Å². The number of carbonyl (C=O) groups excluding carboxylic acids is 1. The minimum absolute atomic E-state index is 0.0151. The second-order valence-corrected chi connectivity index (χ2v) is 4.89. The third-order valence-corrected chi connectivity index (χ3v) is 3.48. The summed E-state index contributed by atoms with van der Waals surface area (Å²) in [6, 6.07) is 0.297. The smallest absolute Gasteiger partial charge is 0.249 e. The van der Waals surface area contributed by atoms with Crippen molar-refractivity contribution in [3.63, 3.8) is 0 Å². The zero-order chi connectivity index (χ0) is 10.8. The highest BCUT2D eigenvalue weighted by atomic mass is 16.3. The van der Waals surface area contributed by atoms with Crippen LogP contribution in [0.5, 0.6) is 0 Å². The zero-order valence-electron chi connectivity index (χ0n) is 8.98. The number of rotatable bonds is 5. The van der Waals surface area contributed by atoms with Gasteiger partial charge in [0.2, 0.25) is 5.91 Å². The third kappa shape index (κ3) is 2.92. The van der Waals surface area contributed by atoms with Crippen molar-refractivity contribution in [1.82, 2.24) is 5.32 Å². The van der Waals surface area contributed by atoms with E-state index in [9.17, 15) is 9.90 Å². The monoisotopic (exact) mass is 212 g/mol. The van der Waals surface area contributed by atoms with Gasteiger partial charge in [-0.3, -0.25) is 4.79 Å². The molecule has 0 aromatic rings. The molecule has 0 aromatic heterocycles. The third-order valence-electron chi connectivity index (χ3n) is 3.48.